The van der Waals surface area contributed by atoms with E-state index < -0.39 is 0 Å². The van der Waals surface area contributed by atoms with Gasteiger partial charge in [-0.3, -0.25) is 4.79 Å². The van der Waals surface area contributed by atoms with Gasteiger partial charge in [-0.25, -0.2) is 0 Å². The minimum absolute atomic E-state index is 0.0460. The number of benzene rings is 2. The van der Waals surface area contributed by atoms with E-state index in [0.29, 0.717) is 10.7 Å². The number of aromatic nitrogens is 1. The highest BCUT2D eigenvalue weighted by molar-refractivity contribution is 6.31. The lowest BCUT2D eigenvalue weighted by molar-refractivity contribution is 0.0932. The van der Waals surface area contributed by atoms with Crippen LogP contribution in [0.5, 0.6) is 0 Å². The summed E-state index contributed by atoms with van der Waals surface area (Å²) in [6.45, 7) is 1.98. The first-order valence-corrected chi connectivity index (χ1v) is 7.55. The molecule has 1 heterocycles. The molecule has 0 saturated heterocycles. The number of hydrogen-bond donors (Lipinski definition) is 1. The first kappa shape index (κ1) is 14.7. The SMILES string of the molecule is CC(NC(=O)c1cc2ccc(Cl)cc2n1C)c1ccccc1. The van der Waals surface area contributed by atoms with Crippen molar-refractivity contribution in [2.24, 2.45) is 7.05 Å². The van der Waals surface area contributed by atoms with Crippen LogP contribution in [0.4, 0.5) is 0 Å². The van der Waals surface area contributed by atoms with Crippen molar-refractivity contribution >= 4 is 28.4 Å². The van der Waals surface area contributed by atoms with Crippen molar-refractivity contribution in [2.75, 3.05) is 0 Å². The molecule has 0 bridgehead atoms. The third-order valence-corrected chi connectivity index (χ3v) is 4.12. The highest BCUT2D eigenvalue weighted by atomic mass is 35.5. The Labute approximate surface area is 134 Å². The van der Waals surface area contributed by atoms with E-state index in [1.165, 1.54) is 0 Å². The molecule has 0 aliphatic rings. The van der Waals surface area contributed by atoms with E-state index in [9.17, 15) is 4.79 Å². The second kappa shape index (κ2) is 5.85. The fourth-order valence-electron chi connectivity index (χ4n) is 2.62. The monoisotopic (exact) mass is 312 g/mol. The molecule has 2 aromatic carbocycles. The Morgan fingerprint density at radius 2 is 1.86 bits per heavy atom. The molecule has 1 N–H and O–H groups in total. The zero-order valence-corrected chi connectivity index (χ0v) is 13.3. The molecule has 0 fully saturated rings. The third kappa shape index (κ3) is 2.72. The van der Waals surface area contributed by atoms with Gasteiger partial charge >= 0.3 is 0 Å². The number of amides is 1. The van der Waals surface area contributed by atoms with E-state index in [1.807, 2.05) is 73.1 Å². The summed E-state index contributed by atoms with van der Waals surface area (Å²) in [7, 11) is 1.88. The van der Waals surface area contributed by atoms with Crippen LogP contribution in [0.3, 0.4) is 0 Å². The Balaban J connectivity index is 1.88. The first-order chi connectivity index (χ1) is 10.6. The molecule has 0 aliphatic heterocycles. The highest BCUT2D eigenvalue weighted by Gasteiger charge is 2.16. The normalized spacial score (nSPS) is 12.3. The summed E-state index contributed by atoms with van der Waals surface area (Å²) in [6.07, 6.45) is 0. The number of carbonyl (C=O) groups excluding carboxylic acids is 1. The molecular weight excluding hydrogens is 296 g/mol. The van der Waals surface area contributed by atoms with E-state index in [0.717, 1.165) is 16.5 Å². The molecule has 0 saturated carbocycles. The van der Waals surface area contributed by atoms with Crippen molar-refractivity contribution in [3.05, 3.63) is 70.9 Å². The van der Waals surface area contributed by atoms with E-state index in [1.54, 1.807) is 0 Å². The lowest BCUT2D eigenvalue weighted by Gasteiger charge is -2.14. The average molecular weight is 313 g/mol. The Kier molecular flexibility index (Phi) is 3.90. The summed E-state index contributed by atoms with van der Waals surface area (Å²) >= 11 is 6.03. The summed E-state index contributed by atoms with van der Waals surface area (Å²) in [6, 6.07) is 17.4. The van der Waals surface area contributed by atoms with Crippen LogP contribution in [-0.2, 0) is 7.05 Å². The minimum atomic E-state index is -0.0915. The zero-order chi connectivity index (χ0) is 15.7. The van der Waals surface area contributed by atoms with Crippen molar-refractivity contribution in [1.82, 2.24) is 9.88 Å². The molecule has 3 rings (SSSR count). The summed E-state index contributed by atoms with van der Waals surface area (Å²) in [5.41, 5.74) is 2.66. The number of aryl methyl sites for hydroxylation is 1. The van der Waals surface area contributed by atoms with Crippen LogP contribution in [0.1, 0.15) is 29.0 Å². The second-order valence-electron chi connectivity index (χ2n) is 5.40. The molecule has 3 nitrogen and oxygen atoms in total. The fourth-order valence-corrected chi connectivity index (χ4v) is 2.78. The number of nitrogens with zero attached hydrogens (tertiary/aromatic N) is 1. The maximum Gasteiger partial charge on any atom is 0.268 e. The number of rotatable bonds is 3. The molecule has 1 atom stereocenters. The largest absolute Gasteiger partial charge is 0.344 e. The van der Waals surface area contributed by atoms with Gasteiger partial charge in [-0.2, -0.15) is 0 Å². The van der Waals surface area contributed by atoms with E-state index in [2.05, 4.69) is 5.32 Å². The lowest BCUT2D eigenvalue weighted by Crippen LogP contribution is -2.28. The van der Waals surface area contributed by atoms with Gasteiger partial charge in [0.05, 0.1) is 6.04 Å². The minimum Gasteiger partial charge on any atom is -0.344 e. The van der Waals surface area contributed by atoms with Crippen molar-refractivity contribution in [1.29, 1.82) is 0 Å². The van der Waals surface area contributed by atoms with Crippen LogP contribution in [0.15, 0.2) is 54.6 Å². The molecule has 0 radical (unpaired) electrons. The summed E-state index contributed by atoms with van der Waals surface area (Å²) in [5.74, 6) is -0.0915. The number of halogens is 1. The van der Waals surface area contributed by atoms with E-state index in [4.69, 9.17) is 11.6 Å². The molecule has 22 heavy (non-hydrogen) atoms. The lowest BCUT2D eigenvalue weighted by atomic mass is 10.1. The molecule has 3 aromatic rings. The van der Waals surface area contributed by atoms with E-state index in [-0.39, 0.29) is 11.9 Å². The molecule has 1 aromatic heterocycles. The van der Waals surface area contributed by atoms with Gasteiger partial charge < -0.3 is 9.88 Å². The van der Waals surface area contributed by atoms with Gasteiger partial charge in [-0.05, 0) is 30.7 Å². The maximum atomic E-state index is 12.5. The van der Waals surface area contributed by atoms with Crippen molar-refractivity contribution in [2.45, 2.75) is 13.0 Å². The molecule has 0 spiro atoms. The molecule has 1 amide bonds. The van der Waals surface area contributed by atoms with Crippen molar-refractivity contribution in [3.63, 3.8) is 0 Å². The maximum absolute atomic E-state index is 12.5. The van der Waals surface area contributed by atoms with Crippen LogP contribution in [0, 0.1) is 0 Å². The highest BCUT2D eigenvalue weighted by Crippen LogP contribution is 2.23. The molecule has 0 aliphatic carbocycles. The van der Waals surface area contributed by atoms with Crippen molar-refractivity contribution < 1.29 is 4.79 Å². The van der Waals surface area contributed by atoms with Crippen LogP contribution in [0.25, 0.3) is 10.9 Å². The number of nitrogens with one attached hydrogen (secondary N) is 1. The van der Waals surface area contributed by atoms with Crippen LogP contribution >= 0.6 is 11.6 Å². The first-order valence-electron chi connectivity index (χ1n) is 7.17. The van der Waals surface area contributed by atoms with Gasteiger partial charge in [0.2, 0.25) is 0 Å². The van der Waals surface area contributed by atoms with Gasteiger partial charge in [-0.15, -0.1) is 0 Å². The van der Waals surface area contributed by atoms with Crippen LogP contribution in [-0.4, -0.2) is 10.5 Å². The van der Waals surface area contributed by atoms with Crippen molar-refractivity contribution in [3.8, 4) is 0 Å². The summed E-state index contributed by atoms with van der Waals surface area (Å²) in [5, 5.41) is 4.71. The molecule has 112 valence electrons. The second-order valence-corrected chi connectivity index (χ2v) is 5.83. The standard InChI is InChI=1S/C18H17ClN2O/c1-12(13-6-4-3-5-7-13)20-18(22)17-10-14-8-9-15(19)11-16(14)21(17)2/h3-12H,1-2H3,(H,20,22). The summed E-state index contributed by atoms with van der Waals surface area (Å²) in [4.78, 5) is 12.5. The van der Waals surface area contributed by atoms with Crippen LogP contribution < -0.4 is 5.32 Å². The smallest absolute Gasteiger partial charge is 0.268 e. The zero-order valence-electron chi connectivity index (χ0n) is 12.5. The predicted molar refractivity (Wildman–Crippen MR) is 90.3 cm³/mol. The fraction of sp³-hybridized carbons (Fsp3) is 0.167. The van der Waals surface area contributed by atoms with Gasteiger partial charge in [-0.1, -0.05) is 48.0 Å². The topological polar surface area (TPSA) is 34.0 Å². The summed E-state index contributed by atoms with van der Waals surface area (Å²) < 4.78 is 1.87. The van der Waals surface area contributed by atoms with E-state index >= 15 is 0 Å². The third-order valence-electron chi connectivity index (χ3n) is 3.89. The average Bonchev–Trinajstić information content (AvgIpc) is 2.85. The van der Waals surface area contributed by atoms with Gasteiger partial charge in [0.1, 0.15) is 5.69 Å². The Bertz CT molecular complexity index is 824. The predicted octanol–water partition coefficient (Wildman–Crippen LogP) is 4.32. The van der Waals surface area contributed by atoms with Gasteiger partial charge in [0, 0.05) is 23.0 Å². The van der Waals surface area contributed by atoms with Gasteiger partial charge in [0.15, 0.2) is 0 Å². The number of hydrogen-bond acceptors (Lipinski definition) is 1. The Morgan fingerprint density at radius 3 is 2.59 bits per heavy atom. The molecule has 1 unspecified atom stereocenters. The van der Waals surface area contributed by atoms with Gasteiger partial charge in [0.25, 0.3) is 5.91 Å². The molecule has 4 heteroatoms. The number of fused-ring (bicyclic) bond motifs is 1. The quantitative estimate of drug-likeness (QED) is 0.767. The number of carbonyl (C=O) groups is 1. The molecular formula is C18H17ClN2O. The Hall–Kier alpha value is -2.26. The Morgan fingerprint density at radius 1 is 1.14 bits per heavy atom. The van der Waals surface area contributed by atoms with Crippen LogP contribution in [0.2, 0.25) is 5.02 Å².